The van der Waals surface area contributed by atoms with Crippen molar-refractivity contribution < 1.29 is 14.3 Å². The van der Waals surface area contributed by atoms with Gasteiger partial charge in [-0.25, -0.2) is 4.98 Å². The molecule has 0 bridgehead atoms. The Balaban J connectivity index is 1.27. The highest BCUT2D eigenvalue weighted by Gasteiger charge is 2.24. The summed E-state index contributed by atoms with van der Waals surface area (Å²) < 4.78 is 6.43. The van der Waals surface area contributed by atoms with Gasteiger partial charge in [-0.05, 0) is 18.2 Å². The zero-order valence-corrected chi connectivity index (χ0v) is 16.6. The molecule has 2 aliphatic heterocycles. The molecule has 2 aromatic rings. The van der Waals surface area contributed by atoms with Crippen LogP contribution in [0.15, 0.2) is 30.3 Å². The Morgan fingerprint density at radius 3 is 2.50 bits per heavy atom. The van der Waals surface area contributed by atoms with Crippen molar-refractivity contribution in [2.75, 3.05) is 59.0 Å². The van der Waals surface area contributed by atoms with Crippen LogP contribution in [0.25, 0.3) is 16.3 Å². The van der Waals surface area contributed by atoms with Gasteiger partial charge in [-0.3, -0.25) is 14.5 Å². The lowest BCUT2D eigenvalue weighted by atomic mass is 10.3. The van der Waals surface area contributed by atoms with Crippen LogP contribution in [0.5, 0.6) is 0 Å². The molecule has 0 radical (unpaired) electrons. The molecule has 4 rings (SSSR count). The van der Waals surface area contributed by atoms with E-state index in [2.05, 4.69) is 9.88 Å². The van der Waals surface area contributed by atoms with Crippen molar-refractivity contribution in [3.8, 4) is 0 Å². The van der Waals surface area contributed by atoms with E-state index in [0.29, 0.717) is 45.9 Å². The molecule has 0 aliphatic carbocycles. The third-order valence-electron chi connectivity index (χ3n) is 5.09. The zero-order chi connectivity index (χ0) is 19.3. The monoisotopic (exact) mass is 400 g/mol. The van der Waals surface area contributed by atoms with E-state index in [1.165, 1.54) is 0 Å². The predicted octanol–water partition coefficient (Wildman–Crippen LogP) is 1.31. The molecule has 2 saturated heterocycles. The smallest absolute Gasteiger partial charge is 0.246 e. The minimum absolute atomic E-state index is 0.0282. The summed E-state index contributed by atoms with van der Waals surface area (Å²) in [7, 11) is 0. The van der Waals surface area contributed by atoms with Gasteiger partial charge in [0, 0.05) is 45.3 Å². The summed E-state index contributed by atoms with van der Waals surface area (Å²) in [5.41, 5.74) is 0.951. The molecule has 3 heterocycles. The number of hydrogen-bond acceptors (Lipinski definition) is 6. The number of benzene rings is 1. The molecule has 1 aromatic carbocycles. The van der Waals surface area contributed by atoms with E-state index < -0.39 is 0 Å². The number of thiazole rings is 1. The lowest BCUT2D eigenvalue weighted by Gasteiger charge is -2.36. The van der Waals surface area contributed by atoms with Gasteiger partial charge in [-0.1, -0.05) is 12.1 Å². The standard InChI is InChI=1S/C20H24N4O3S/c25-19(6-5-18-21-16-3-1-2-4-17(16)28-18)23-7-9-24(10-8-23)20(26)15-22-11-13-27-14-12-22/h1-6H,7-15H2/b6-5+. The van der Waals surface area contributed by atoms with Crippen molar-refractivity contribution in [3.63, 3.8) is 0 Å². The number of carbonyl (C=O) groups excluding carboxylic acids is 2. The number of aromatic nitrogens is 1. The first-order valence-electron chi connectivity index (χ1n) is 9.59. The average molecular weight is 401 g/mol. The summed E-state index contributed by atoms with van der Waals surface area (Å²) in [5, 5.41) is 0.828. The van der Waals surface area contributed by atoms with Crippen LogP contribution in [0, 0.1) is 0 Å². The summed E-state index contributed by atoms with van der Waals surface area (Å²) >= 11 is 1.57. The Morgan fingerprint density at radius 1 is 1.04 bits per heavy atom. The Morgan fingerprint density at radius 2 is 1.75 bits per heavy atom. The van der Waals surface area contributed by atoms with Crippen molar-refractivity contribution in [2.24, 2.45) is 0 Å². The molecule has 0 N–H and O–H groups in total. The second-order valence-corrected chi connectivity index (χ2v) is 8.01. The Labute approximate surface area is 168 Å². The molecule has 7 nitrogen and oxygen atoms in total. The van der Waals surface area contributed by atoms with E-state index in [1.807, 2.05) is 29.2 Å². The average Bonchev–Trinajstić information content (AvgIpc) is 3.16. The first-order valence-corrected chi connectivity index (χ1v) is 10.4. The van der Waals surface area contributed by atoms with Crippen LogP contribution >= 0.6 is 11.3 Å². The van der Waals surface area contributed by atoms with E-state index in [4.69, 9.17) is 4.74 Å². The number of fused-ring (bicyclic) bond motifs is 1. The number of carbonyl (C=O) groups is 2. The molecule has 28 heavy (non-hydrogen) atoms. The molecule has 0 unspecified atom stereocenters. The van der Waals surface area contributed by atoms with Crippen molar-refractivity contribution in [1.82, 2.24) is 19.7 Å². The second-order valence-electron chi connectivity index (χ2n) is 6.95. The fourth-order valence-electron chi connectivity index (χ4n) is 3.44. The fraction of sp³-hybridized carbons (Fsp3) is 0.450. The van der Waals surface area contributed by atoms with Gasteiger partial charge in [0.2, 0.25) is 11.8 Å². The van der Waals surface area contributed by atoms with E-state index in [0.717, 1.165) is 28.3 Å². The van der Waals surface area contributed by atoms with Crippen LogP contribution in [0.3, 0.4) is 0 Å². The van der Waals surface area contributed by atoms with Gasteiger partial charge >= 0.3 is 0 Å². The second kappa shape index (κ2) is 8.81. The minimum atomic E-state index is -0.0282. The fourth-order valence-corrected chi connectivity index (χ4v) is 4.31. The molecule has 148 valence electrons. The summed E-state index contributed by atoms with van der Waals surface area (Å²) in [5.74, 6) is 0.110. The molecule has 0 saturated carbocycles. The van der Waals surface area contributed by atoms with Crippen LogP contribution < -0.4 is 0 Å². The highest BCUT2D eigenvalue weighted by Crippen LogP contribution is 2.22. The number of nitrogens with zero attached hydrogens (tertiary/aromatic N) is 4. The largest absolute Gasteiger partial charge is 0.379 e. The van der Waals surface area contributed by atoms with Crippen LogP contribution in [0.4, 0.5) is 0 Å². The molecular weight excluding hydrogens is 376 g/mol. The normalized spacial score (nSPS) is 18.9. The maximum atomic E-state index is 12.5. The maximum absolute atomic E-state index is 12.5. The number of ether oxygens (including phenoxy) is 1. The predicted molar refractivity (Wildman–Crippen MR) is 109 cm³/mol. The summed E-state index contributed by atoms with van der Waals surface area (Å²) in [4.78, 5) is 35.2. The topological polar surface area (TPSA) is 66.0 Å². The first kappa shape index (κ1) is 19.0. The quantitative estimate of drug-likeness (QED) is 0.724. The minimum Gasteiger partial charge on any atom is -0.379 e. The molecule has 2 aliphatic rings. The number of rotatable bonds is 4. The van der Waals surface area contributed by atoms with Gasteiger partial charge < -0.3 is 14.5 Å². The summed E-state index contributed by atoms with van der Waals surface area (Å²) in [6.45, 7) is 5.74. The highest BCUT2D eigenvalue weighted by molar-refractivity contribution is 7.19. The Hall–Kier alpha value is -2.29. The van der Waals surface area contributed by atoms with Crippen LogP contribution in [-0.2, 0) is 14.3 Å². The van der Waals surface area contributed by atoms with Crippen LogP contribution in [-0.4, -0.2) is 90.5 Å². The Kier molecular flexibility index (Phi) is 5.99. The van der Waals surface area contributed by atoms with Gasteiger partial charge in [0.15, 0.2) is 0 Å². The first-order chi connectivity index (χ1) is 13.7. The number of para-hydroxylation sites is 1. The van der Waals surface area contributed by atoms with Gasteiger partial charge in [-0.2, -0.15) is 0 Å². The number of amides is 2. The molecular formula is C20H24N4O3S. The molecule has 0 spiro atoms. The van der Waals surface area contributed by atoms with Crippen molar-refractivity contribution >= 4 is 39.4 Å². The van der Waals surface area contributed by atoms with E-state index in [9.17, 15) is 9.59 Å². The summed E-state index contributed by atoms with van der Waals surface area (Å²) in [6, 6.07) is 7.94. The number of piperazine rings is 1. The van der Waals surface area contributed by atoms with E-state index in [-0.39, 0.29) is 11.8 Å². The third-order valence-corrected chi connectivity index (χ3v) is 6.09. The third kappa shape index (κ3) is 4.57. The number of morpholine rings is 1. The lowest BCUT2D eigenvalue weighted by molar-refractivity contribution is -0.138. The highest BCUT2D eigenvalue weighted by atomic mass is 32.1. The number of hydrogen-bond donors (Lipinski definition) is 0. The maximum Gasteiger partial charge on any atom is 0.246 e. The molecule has 1 aromatic heterocycles. The van der Waals surface area contributed by atoms with E-state index >= 15 is 0 Å². The molecule has 8 heteroatoms. The molecule has 0 atom stereocenters. The van der Waals surface area contributed by atoms with Gasteiger partial charge in [-0.15, -0.1) is 11.3 Å². The molecule has 2 fully saturated rings. The van der Waals surface area contributed by atoms with Gasteiger partial charge in [0.05, 0.1) is 30.0 Å². The SMILES string of the molecule is O=C(/C=C/c1nc2ccccc2s1)N1CCN(C(=O)CN2CCOCC2)CC1. The summed E-state index contributed by atoms with van der Waals surface area (Å²) in [6.07, 6.45) is 3.37. The molecule has 2 amide bonds. The zero-order valence-electron chi connectivity index (χ0n) is 15.7. The van der Waals surface area contributed by atoms with Crippen molar-refractivity contribution in [2.45, 2.75) is 0 Å². The lowest BCUT2D eigenvalue weighted by Crippen LogP contribution is -2.53. The van der Waals surface area contributed by atoms with Crippen LogP contribution in [0.2, 0.25) is 0 Å². The Bertz CT molecular complexity index is 834. The van der Waals surface area contributed by atoms with E-state index in [1.54, 1.807) is 28.4 Å². The van der Waals surface area contributed by atoms with Crippen LogP contribution in [0.1, 0.15) is 5.01 Å². The van der Waals surface area contributed by atoms with Gasteiger partial charge in [0.1, 0.15) is 5.01 Å². The van der Waals surface area contributed by atoms with Crippen molar-refractivity contribution in [1.29, 1.82) is 0 Å². The van der Waals surface area contributed by atoms with Gasteiger partial charge in [0.25, 0.3) is 0 Å². The van der Waals surface area contributed by atoms with Crippen molar-refractivity contribution in [3.05, 3.63) is 35.3 Å².